The Morgan fingerprint density at radius 1 is 1.07 bits per heavy atom. The number of aromatic nitrogens is 2. The molecule has 0 saturated carbocycles. The van der Waals surface area contributed by atoms with E-state index >= 15 is 0 Å². The van der Waals surface area contributed by atoms with Crippen molar-refractivity contribution in [1.82, 2.24) is 15.5 Å². The first-order valence-electron chi connectivity index (χ1n) is 8.69. The van der Waals surface area contributed by atoms with Gasteiger partial charge in [0.15, 0.2) is 5.01 Å². The zero-order valence-corrected chi connectivity index (χ0v) is 17.4. The van der Waals surface area contributed by atoms with Crippen molar-refractivity contribution in [3.05, 3.63) is 80.8 Å². The average molecular weight is 428 g/mol. The highest BCUT2D eigenvalue weighted by Gasteiger charge is 2.14. The number of nitrogens with one attached hydrogen (secondary N) is 1. The third kappa shape index (κ3) is 5.49. The topological polar surface area (TPSA) is 81.2 Å². The molecule has 148 valence electrons. The number of aryl methyl sites for hydroxylation is 1. The third-order valence-electron chi connectivity index (χ3n) is 4.02. The summed E-state index contributed by atoms with van der Waals surface area (Å²) in [5, 5.41) is 11.8. The number of halogens is 1. The Labute approximate surface area is 177 Å². The summed E-state index contributed by atoms with van der Waals surface area (Å²) < 4.78 is 4.67. The van der Waals surface area contributed by atoms with Crippen LogP contribution >= 0.6 is 22.9 Å². The minimum absolute atomic E-state index is 0.236. The number of ether oxygens (including phenoxy) is 1. The summed E-state index contributed by atoms with van der Waals surface area (Å²) >= 11 is 7.43. The fraction of sp³-hybridized carbons (Fsp3) is 0.143. The Balaban J connectivity index is 1.64. The molecule has 0 spiro atoms. The van der Waals surface area contributed by atoms with Crippen molar-refractivity contribution < 1.29 is 14.3 Å². The molecule has 0 atom stereocenters. The molecule has 6 nitrogen and oxygen atoms in total. The second-order valence-corrected chi connectivity index (χ2v) is 7.57. The summed E-state index contributed by atoms with van der Waals surface area (Å²) in [6.07, 6.45) is 1.69. The summed E-state index contributed by atoms with van der Waals surface area (Å²) in [6.45, 7) is 2.42. The van der Waals surface area contributed by atoms with E-state index in [4.69, 9.17) is 11.6 Å². The van der Waals surface area contributed by atoms with Gasteiger partial charge in [0.2, 0.25) is 5.01 Å². The molecule has 0 fully saturated rings. The molecule has 3 rings (SSSR count). The van der Waals surface area contributed by atoms with E-state index in [1.165, 1.54) is 7.11 Å². The maximum atomic E-state index is 12.3. The van der Waals surface area contributed by atoms with Crippen LogP contribution in [0.2, 0.25) is 0 Å². The molecule has 0 unspecified atom stereocenters. The van der Waals surface area contributed by atoms with Crippen molar-refractivity contribution in [3.8, 4) is 0 Å². The molecule has 3 aromatic rings. The Hall–Kier alpha value is -3.03. The van der Waals surface area contributed by atoms with Crippen LogP contribution in [0.4, 0.5) is 0 Å². The number of methoxy groups -OCH3 is 1. The highest BCUT2D eigenvalue weighted by molar-refractivity contribution is 7.15. The molecule has 0 aliphatic carbocycles. The molecule has 0 aliphatic heterocycles. The lowest BCUT2D eigenvalue weighted by Gasteiger charge is -2.03. The Bertz CT molecular complexity index is 1040. The lowest BCUT2D eigenvalue weighted by atomic mass is 10.1. The fourth-order valence-electron chi connectivity index (χ4n) is 2.42. The fourth-order valence-corrected chi connectivity index (χ4v) is 3.36. The first-order chi connectivity index (χ1) is 14.0. The predicted molar refractivity (Wildman–Crippen MR) is 114 cm³/mol. The average Bonchev–Trinajstić information content (AvgIpc) is 3.24. The standard InChI is InChI=1S/C21H18ClN3O3S/c1-13-3-5-15(6-4-13)12-23-18(26)20-25-24-19(29-20)17(22)11-14-7-9-16(10-8-14)21(27)28-2/h3-11H,12H2,1-2H3,(H,23,26)/b17-11-. The maximum Gasteiger partial charge on any atom is 0.337 e. The Morgan fingerprint density at radius 2 is 1.72 bits per heavy atom. The minimum Gasteiger partial charge on any atom is -0.465 e. The van der Waals surface area contributed by atoms with E-state index in [9.17, 15) is 9.59 Å². The molecule has 0 radical (unpaired) electrons. The van der Waals surface area contributed by atoms with Crippen molar-refractivity contribution in [3.63, 3.8) is 0 Å². The van der Waals surface area contributed by atoms with Gasteiger partial charge in [-0.2, -0.15) is 0 Å². The number of hydrogen-bond donors (Lipinski definition) is 1. The van der Waals surface area contributed by atoms with Crippen molar-refractivity contribution >= 4 is 45.9 Å². The highest BCUT2D eigenvalue weighted by Crippen LogP contribution is 2.25. The summed E-state index contributed by atoms with van der Waals surface area (Å²) in [6, 6.07) is 14.7. The number of nitrogens with zero attached hydrogens (tertiary/aromatic N) is 2. The number of benzene rings is 2. The van der Waals surface area contributed by atoms with E-state index in [-0.39, 0.29) is 10.9 Å². The van der Waals surface area contributed by atoms with Gasteiger partial charge in [-0.05, 0) is 36.3 Å². The smallest absolute Gasteiger partial charge is 0.337 e. The van der Waals surface area contributed by atoms with E-state index in [1.807, 2.05) is 31.2 Å². The number of amides is 1. The molecule has 2 aromatic carbocycles. The zero-order chi connectivity index (χ0) is 20.8. The maximum absolute atomic E-state index is 12.3. The van der Waals surface area contributed by atoms with Gasteiger partial charge in [-0.1, -0.05) is 64.9 Å². The Kier molecular flexibility index (Phi) is 6.74. The molecule has 1 N–H and O–H groups in total. The lowest BCUT2D eigenvalue weighted by Crippen LogP contribution is -2.22. The van der Waals surface area contributed by atoms with E-state index in [0.717, 1.165) is 28.0 Å². The normalized spacial score (nSPS) is 11.2. The van der Waals surface area contributed by atoms with Crippen LogP contribution in [0.3, 0.4) is 0 Å². The summed E-state index contributed by atoms with van der Waals surface area (Å²) in [5.74, 6) is -0.710. The van der Waals surface area contributed by atoms with Crippen LogP contribution < -0.4 is 5.32 Å². The third-order valence-corrected chi connectivity index (χ3v) is 5.38. The first-order valence-corrected chi connectivity index (χ1v) is 9.89. The van der Waals surface area contributed by atoms with Crippen molar-refractivity contribution in [1.29, 1.82) is 0 Å². The monoisotopic (exact) mass is 427 g/mol. The van der Waals surface area contributed by atoms with Gasteiger partial charge < -0.3 is 10.1 Å². The van der Waals surface area contributed by atoms with Crippen LogP contribution in [0.15, 0.2) is 48.5 Å². The summed E-state index contributed by atoms with van der Waals surface area (Å²) in [7, 11) is 1.33. The summed E-state index contributed by atoms with van der Waals surface area (Å²) in [4.78, 5) is 23.8. The molecule has 0 bridgehead atoms. The molecular formula is C21H18ClN3O3S. The second kappa shape index (κ2) is 9.45. The highest BCUT2D eigenvalue weighted by atomic mass is 35.5. The lowest BCUT2D eigenvalue weighted by molar-refractivity contribution is 0.0600. The van der Waals surface area contributed by atoms with Crippen LogP contribution in [0.25, 0.3) is 11.1 Å². The Morgan fingerprint density at radius 3 is 2.38 bits per heavy atom. The molecule has 0 aliphatic rings. The van der Waals surface area contributed by atoms with Crippen molar-refractivity contribution in [2.24, 2.45) is 0 Å². The van der Waals surface area contributed by atoms with Gasteiger partial charge in [-0.15, -0.1) is 10.2 Å². The molecule has 1 heterocycles. The van der Waals surface area contributed by atoms with Crippen LogP contribution in [0.5, 0.6) is 0 Å². The predicted octanol–water partition coefficient (Wildman–Crippen LogP) is 4.30. The van der Waals surface area contributed by atoms with Gasteiger partial charge >= 0.3 is 5.97 Å². The number of carbonyl (C=O) groups excluding carboxylic acids is 2. The van der Waals surface area contributed by atoms with Crippen LogP contribution in [-0.2, 0) is 11.3 Å². The van der Waals surface area contributed by atoms with Gasteiger partial charge in [0, 0.05) is 6.54 Å². The van der Waals surface area contributed by atoms with Gasteiger partial charge in [-0.25, -0.2) is 4.79 Å². The van der Waals surface area contributed by atoms with Crippen LogP contribution in [0, 0.1) is 6.92 Å². The first kappa shape index (κ1) is 20.7. The van der Waals surface area contributed by atoms with Gasteiger partial charge in [-0.3, -0.25) is 4.79 Å². The zero-order valence-electron chi connectivity index (χ0n) is 15.8. The van der Waals surface area contributed by atoms with E-state index in [1.54, 1.807) is 30.3 Å². The van der Waals surface area contributed by atoms with E-state index in [0.29, 0.717) is 22.1 Å². The number of esters is 1. The molecular weight excluding hydrogens is 410 g/mol. The molecule has 8 heteroatoms. The van der Waals surface area contributed by atoms with Crippen molar-refractivity contribution in [2.45, 2.75) is 13.5 Å². The SMILES string of the molecule is COC(=O)c1ccc(/C=C(\Cl)c2nnc(C(=O)NCc3ccc(C)cc3)s2)cc1. The van der Waals surface area contributed by atoms with Gasteiger partial charge in [0.05, 0.1) is 17.7 Å². The molecule has 1 amide bonds. The second-order valence-electron chi connectivity index (χ2n) is 6.19. The number of rotatable bonds is 6. The molecule has 0 saturated heterocycles. The summed E-state index contributed by atoms with van der Waals surface area (Å²) in [5.41, 5.74) is 3.39. The molecule has 29 heavy (non-hydrogen) atoms. The molecule has 1 aromatic heterocycles. The van der Waals surface area contributed by atoms with Gasteiger partial charge in [0.25, 0.3) is 5.91 Å². The van der Waals surface area contributed by atoms with Gasteiger partial charge in [0.1, 0.15) is 0 Å². The largest absolute Gasteiger partial charge is 0.465 e. The van der Waals surface area contributed by atoms with E-state index < -0.39 is 5.97 Å². The quantitative estimate of drug-likeness (QED) is 0.593. The van der Waals surface area contributed by atoms with Crippen LogP contribution in [-0.4, -0.2) is 29.2 Å². The van der Waals surface area contributed by atoms with E-state index in [2.05, 4.69) is 20.3 Å². The minimum atomic E-state index is -0.406. The van der Waals surface area contributed by atoms with Crippen LogP contribution in [0.1, 0.15) is 41.9 Å². The number of carbonyl (C=O) groups is 2. The number of hydrogen-bond acceptors (Lipinski definition) is 6. The van der Waals surface area contributed by atoms with Crippen molar-refractivity contribution in [2.75, 3.05) is 7.11 Å².